The van der Waals surface area contributed by atoms with Crippen LogP contribution in [0.4, 0.5) is 4.39 Å². The summed E-state index contributed by atoms with van der Waals surface area (Å²) in [6.07, 6.45) is 0.546. The molecule has 0 saturated heterocycles. The zero-order valence-electron chi connectivity index (χ0n) is 15.5. The van der Waals surface area contributed by atoms with Crippen LogP contribution in [-0.2, 0) is 21.9 Å². The maximum Gasteiger partial charge on any atom is 0.316 e. The second kappa shape index (κ2) is 10.7. The molecule has 0 aliphatic heterocycles. The van der Waals surface area contributed by atoms with E-state index < -0.39 is 16.7 Å². The Morgan fingerprint density at radius 1 is 1.32 bits per heavy atom. The van der Waals surface area contributed by atoms with Crippen LogP contribution in [0.3, 0.4) is 0 Å². The van der Waals surface area contributed by atoms with Gasteiger partial charge in [0.2, 0.25) is 21.2 Å². The molecule has 1 aromatic heterocycles. The minimum atomic E-state index is -3.98. The molecule has 13 heteroatoms. The molecular formula is C15H21FN4O6S2. The Morgan fingerprint density at radius 3 is 2.43 bits per heavy atom. The van der Waals surface area contributed by atoms with Crippen molar-refractivity contribution in [1.29, 1.82) is 0 Å². The summed E-state index contributed by atoms with van der Waals surface area (Å²) in [6.45, 7) is 1.37. The van der Waals surface area contributed by atoms with Gasteiger partial charge in [-0.2, -0.15) is 4.68 Å². The number of halogens is 1. The van der Waals surface area contributed by atoms with Gasteiger partial charge in [0.1, 0.15) is 24.8 Å². The van der Waals surface area contributed by atoms with E-state index in [1.54, 1.807) is 7.05 Å². The number of nitrogens with zero attached hydrogens (tertiary/aromatic N) is 3. The summed E-state index contributed by atoms with van der Waals surface area (Å²) in [5.41, 5.74) is 0. The molecule has 0 unspecified atom stereocenters. The first-order chi connectivity index (χ1) is 13.2. The van der Waals surface area contributed by atoms with E-state index in [-0.39, 0.29) is 23.0 Å². The second-order valence-electron chi connectivity index (χ2n) is 4.98. The molecule has 156 valence electrons. The monoisotopic (exact) mass is 436 g/mol. The van der Waals surface area contributed by atoms with Crippen LogP contribution >= 0.6 is 12.2 Å². The number of ether oxygens (including phenoxy) is 3. The fourth-order valence-corrected chi connectivity index (χ4v) is 2.96. The van der Waals surface area contributed by atoms with Gasteiger partial charge >= 0.3 is 6.01 Å². The van der Waals surface area contributed by atoms with Gasteiger partial charge in [0, 0.05) is 7.05 Å². The number of hydrogen-bond donors (Lipinski definition) is 1. The summed E-state index contributed by atoms with van der Waals surface area (Å²) in [5.74, 6) is 0.0540. The molecule has 0 bridgehead atoms. The molecule has 0 radical (unpaired) electrons. The van der Waals surface area contributed by atoms with Crippen molar-refractivity contribution in [3.63, 3.8) is 0 Å². The molecule has 1 heterocycles. The molecule has 1 aromatic carbocycles. The number of sulfonamides is 1. The fraction of sp³-hybridized carbons (Fsp3) is 0.400. The zero-order valence-corrected chi connectivity index (χ0v) is 17.1. The zero-order chi connectivity index (χ0) is 21.3. The SMILES string of the molecule is CCOc1nn(C=O)c(=S)n1C.COc1cccc(OCCF)c1S(N)(=O)=O. The van der Waals surface area contributed by atoms with E-state index in [0.29, 0.717) is 23.8 Å². The number of methoxy groups -OCH3 is 1. The van der Waals surface area contributed by atoms with E-state index in [9.17, 15) is 17.6 Å². The maximum absolute atomic E-state index is 12.0. The number of benzene rings is 1. The van der Waals surface area contributed by atoms with Gasteiger partial charge in [0.05, 0.1) is 13.7 Å². The number of alkyl halides is 1. The molecule has 2 N–H and O–H groups in total. The van der Waals surface area contributed by atoms with Gasteiger partial charge in [-0.05, 0) is 31.3 Å². The third-order valence-corrected chi connectivity index (χ3v) is 4.55. The Kier molecular flexibility index (Phi) is 9.02. The van der Waals surface area contributed by atoms with Gasteiger partial charge in [0.25, 0.3) is 0 Å². The fourth-order valence-electron chi connectivity index (χ4n) is 1.96. The first-order valence-corrected chi connectivity index (χ1v) is 9.78. The highest BCUT2D eigenvalue weighted by molar-refractivity contribution is 7.89. The molecule has 0 amide bonds. The number of carbonyl (C=O) groups excluding carboxylic acids is 1. The molecule has 0 saturated carbocycles. The Morgan fingerprint density at radius 2 is 1.96 bits per heavy atom. The summed E-state index contributed by atoms with van der Waals surface area (Å²) >= 11 is 4.88. The second-order valence-corrected chi connectivity index (χ2v) is 6.84. The van der Waals surface area contributed by atoms with E-state index in [0.717, 1.165) is 4.68 Å². The lowest BCUT2D eigenvalue weighted by atomic mass is 10.3. The summed E-state index contributed by atoms with van der Waals surface area (Å²) in [4.78, 5) is 10.1. The van der Waals surface area contributed by atoms with Gasteiger partial charge in [-0.15, -0.1) is 5.10 Å². The third-order valence-electron chi connectivity index (χ3n) is 3.12. The Labute approximate surface area is 166 Å². The first kappa shape index (κ1) is 23.5. The van der Waals surface area contributed by atoms with Crippen LogP contribution in [0.1, 0.15) is 6.92 Å². The number of primary sulfonamides is 1. The third kappa shape index (κ3) is 6.00. The lowest BCUT2D eigenvalue weighted by molar-refractivity contribution is 0.264. The lowest BCUT2D eigenvalue weighted by Gasteiger charge is -2.12. The molecule has 0 spiro atoms. The van der Waals surface area contributed by atoms with Crippen LogP contribution in [0, 0.1) is 4.77 Å². The van der Waals surface area contributed by atoms with Crippen molar-refractivity contribution in [2.75, 3.05) is 27.0 Å². The van der Waals surface area contributed by atoms with E-state index in [4.69, 9.17) is 31.6 Å². The van der Waals surface area contributed by atoms with Gasteiger partial charge in [-0.1, -0.05) is 6.07 Å². The van der Waals surface area contributed by atoms with E-state index in [2.05, 4.69) is 5.10 Å². The smallest absolute Gasteiger partial charge is 0.316 e. The van der Waals surface area contributed by atoms with Crippen molar-refractivity contribution in [3.05, 3.63) is 23.0 Å². The predicted molar refractivity (Wildman–Crippen MR) is 101 cm³/mol. The lowest BCUT2D eigenvalue weighted by Crippen LogP contribution is -2.15. The number of nitrogens with two attached hydrogens (primary N) is 1. The number of rotatable bonds is 8. The van der Waals surface area contributed by atoms with E-state index in [1.165, 1.54) is 29.9 Å². The average Bonchev–Trinajstić information content (AvgIpc) is 2.94. The molecular weight excluding hydrogens is 415 g/mol. The Bertz CT molecular complexity index is 958. The normalized spacial score (nSPS) is 10.6. The minimum absolute atomic E-state index is 0.0144. The predicted octanol–water partition coefficient (Wildman–Crippen LogP) is 1.08. The molecule has 0 aliphatic carbocycles. The van der Waals surface area contributed by atoms with Crippen molar-refractivity contribution < 1.29 is 31.8 Å². The summed E-state index contributed by atoms with van der Waals surface area (Å²) < 4.78 is 52.4. The van der Waals surface area contributed by atoms with Crippen molar-refractivity contribution in [3.8, 4) is 17.5 Å². The summed E-state index contributed by atoms with van der Waals surface area (Å²) in [7, 11) is -0.976. The topological polar surface area (TPSA) is 128 Å². The largest absolute Gasteiger partial charge is 0.495 e. The van der Waals surface area contributed by atoms with Crippen LogP contribution in [0.2, 0.25) is 0 Å². The summed E-state index contributed by atoms with van der Waals surface area (Å²) in [6, 6.07) is 4.70. The Balaban J connectivity index is 0.000000292. The van der Waals surface area contributed by atoms with Crippen molar-refractivity contribution in [2.24, 2.45) is 12.2 Å². The van der Waals surface area contributed by atoms with E-state index >= 15 is 0 Å². The van der Waals surface area contributed by atoms with Crippen molar-refractivity contribution in [2.45, 2.75) is 11.8 Å². The maximum atomic E-state index is 12.0. The van der Waals surface area contributed by atoms with Crippen LogP contribution in [0.25, 0.3) is 0 Å². The highest BCUT2D eigenvalue weighted by atomic mass is 32.2. The van der Waals surface area contributed by atoms with Crippen LogP contribution < -0.4 is 19.3 Å². The minimum Gasteiger partial charge on any atom is -0.495 e. The van der Waals surface area contributed by atoms with Crippen LogP contribution in [-0.4, -0.2) is 56.2 Å². The van der Waals surface area contributed by atoms with E-state index in [1.807, 2.05) is 6.92 Å². The van der Waals surface area contributed by atoms with Gasteiger partial charge in [-0.25, -0.2) is 17.9 Å². The average molecular weight is 436 g/mol. The molecule has 0 fully saturated rings. The molecule has 2 aromatic rings. The number of hydrogen-bond acceptors (Lipinski definition) is 8. The highest BCUT2D eigenvalue weighted by Crippen LogP contribution is 2.31. The highest BCUT2D eigenvalue weighted by Gasteiger charge is 2.21. The van der Waals surface area contributed by atoms with Crippen molar-refractivity contribution in [1.82, 2.24) is 14.3 Å². The van der Waals surface area contributed by atoms with Crippen molar-refractivity contribution >= 4 is 28.7 Å². The van der Waals surface area contributed by atoms with Gasteiger partial charge in [-0.3, -0.25) is 9.36 Å². The molecule has 10 nitrogen and oxygen atoms in total. The number of aromatic nitrogens is 3. The first-order valence-electron chi connectivity index (χ1n) is 7.83. The standard InChI is InChI=1S/C9H12FNO4S.C6H9N3O2S/c1-14-7-3-2-4-8(15-6-5-10)9(7)16(11,12)13;1-3-11-5-7-9(4-10)6(12)8(5)2/h2-4H,5-6H2,1H3,(H2,11,12,13);4H,3H2,1-2H3. The molecule has 28 heavy (non-hydrogen) atoms. The van der Waals surface area contributed by atoms with Crippen LogP contribution in [0.5, 0.6) is 17.5 Å². The molecule has 0 aliphatic rings. The summed E-state index contributed by atoms with van der Waals surface area (Å²) in [5, 5.41) is 8.83. The molecule has 0 atom stereocenters. The quantitative estimate of drug-likeness (QED) is 0.481. The molecule has 2 rings (SSSR count). The van der Waals surface area contributed by atoms with Gasteiger partial charge in [0.15, 0.2) is 4.90 Å². The Hall–Kier alpha value is -2.51. The van der Waals surface area contributed by atoms with Crippen LogP contribution in [0.15, 0.2) is 23.1 Å². The number of carbonyl (C=O) groups is 1. The van der Waals surface area contributed by atoms with Gasteiger partial charge < -0.3 is 14.2 Å².